The van der Waals surface area contributed by atoms with Gasteiger partial charge in [0.25, 0.3) is 0 Å². The van der Waals surface area contributed by atoms with Crippen molar-refractivity contribution >= 4 is 35.8 Å². The first kappa shape index (κ1) is 31.9. The standard InChI is InChI=1S/C28H33N3O2.C2H7N.2ClH/c1-20-27(32-19-23-5-6-23)10-8-25-26(30-33-28(20)25)9-7-21-11-14-31(15-12-21)16-13-22-3-2-4-24(17-22)18-29;1-3-2;;/h2-4,8,10,17,21,23H,5-7,9,11-16,19H2,1H3;3H,1-2H3;2*1H. The molecule has 1 saturated carbocycles. The Balaban J connectivity index is 0.000000969. The van der Waals surface area contributed by atoms with Crippen LogP contribution in [-0.2, 0) is 12.8 Å². The highest BCUT2D eigenvalue weighted by Gasteiger charge is 2.23. The average molecular weight is 562 g/mol. The maximum absolute atomic E-state index is 9.08. The van der Waals surface area contributed by atoms with Crippen LogP contribution < -0.4 is 10.1 Å². The van der Waals surface area contributed by atoms with Gasteiger partial charge in [-0.2, -0.15) is 5.26 Å². The van der Waals surface area contributed by atoms with Crippen LogP contribution in [0, 0.1) is 30.1 Å². The van der Waals surface area contributed by atoms with Crippen molar-refractivity contribution in [3.63, 3.8) is 0 Å². The molecule has 5 rings (SSSR count). The maximum Gasteiger partial charge on any atom is 0.173 e. The van der Waals surface area contributed by atoms with E-state index in [-0.39, 0.29) is 24.8 Å². The van der Waals surface area contributed by atoms with Crippen molar-refractivity contribution in [3.8, 4) is 11.8 Å². The van der Waals surface area contributed by atoms with E-state index in [1.54, 1.807) is 0 Å². The van der Waals surface area contributed by atoms with Crippen LogP contribution in [0.25, 0.3) is 11.0 Å². The number of aromatic nitrogens is 1. The first-order chi connectivity index (χ1) is 17.6. The fourth-order valence-corrected chi connectivity index (χ4v) is 4.92. The molecule has 38 heavy (non-hydrogen) atoms. The topological polar surface area (TPSA) is 74.3 Å². The van der Waals surface area contributed by atoms with Crippen LogP contribution in [0.5, 0.6) is 5.75 Å². The van der Waals surface area contributed by atoms with Gasteiger partial charge in [0.05, 0.1) is 23.9 Å². The van der Waals surface area contributed by atoms with Crippen molar-refractivity contribution in [1.82, 2.24) is 15.4 Å². The molecule has 2 aliphatic rings. The zero-order chi connectivity index (χ0) is 25.3. The predicted molar refractivity (Wildman–Crippen MR) is 159 cm³/mol. The predicted octanol–water partition coefficient (Wildman–Crippen LogP) is 6.36. The van der Waals surface area contributed by atoms with Crippen molar-refractivity contribution < 1.29 is 9.26 Å². The van der Waals surface area contributed by atoms with Gasteiger partial charge < -0.3 is 19.5 Å². The molecule has 8 heteroatoms. The Labute approximate surface area is 239 Å². The minimum Gasteiger partial charge on any atom is -0.493 e. The van der Waals surface area contributed by atoms with E-state index < -0.39 is 0 Å². The van der Waals surface area contributed by atoms with Crippen molar-refractivity contribution in [2.45, 2.75) is 51.9 Å². The molecule has 1 N–H and O–H groups in total. The number of fused-ring (bicyclic) bond motifs is 1. The second-order valence-corrected chi connectivity index (χ2v) is 10.3. The van der Waals surface area contributed by atoms with Gasteiger partial charge in [0.1, 0.15) is 5.75 Å². The van der Waals surface area contributed by atoms with Gasteiger partial charge >= 0.3 is 0 Å². The first-order valence-corrected chi connectivity index (χ1v) is 13.4. The summed E-state index contributed by atoms with van der Waals surface area (Å²) in [5, 5.41) is 17.4. The molecule has 2 heterocycles. The van der Waals surface area contributed by atoms with Crippen LogP contribution in [-0.4, -0.2) is 50.4 Å². The molecule has 1 aliphatic heterocycles. The number of hydrogen-bond acceptors (Lipinski definition) is 6. The Morgan fingerprint density at radius 3 is 2.47 bits per heavy atom. The molecule has 3 aromatic rings. The summed E-state index contributed by atoms with van der Waals surface area (Å²) in [4.78, 5) is 2.56. The number of likely N-dealkylation sites (tertiary alicyclic amines) is 1. The van der Waals surface area contributed by atoms with Gasteiger partial charge in [-0.3, -0.25) is 0 Å². The molecular formula is C30H42Cl2N4O2. The number of benzene rings is 2. The summed E-state index contributed by atoms with van der Waals surface area (Å²) in [6.45, 7) is 6.27. The van der Waals surface area contributed by atoms with Crippen molar-refractivity contribution in [1.29, 1.82) is 5.26 Å². The Bertz CT molecular complexity index is 1160. The minimum absolute atomic E-state index is 0. The fraction of sp³-hybridized carbons (Fsp3) is 0.533. The van der Waals surface area contributed by atoms with Gasteiger partial charge in [-0.25, -0.2) is 0 Å². The summed E-state index contributed by atoms with van der Waals surface area (Å²) >= 11 is 0. The van der Waals surface area contributed by atoms with Crippen LogP contribution >= 0.6 is 24.8 Å². The summed E-state index contributed by atoms with van der Waals surface area (Å²) in [6, 6.07) is 14.4. The summed E-state index contributed by atoms with van der Waals surface area (Å²) in [6.07, 6.45) is 8.22. The number of rotatable bonds is 9. The molecule has 6 nitrogen and oxygen atoms in total. The number of nitrogens with one attached hydrogen (secondary N) is 1. The smallest absolute Gasteiger partial charge is 0.173 e. The van der Waals surface area contributed by atoms with E-state index in [1.165, 1.54) is 37.7 Å². The number of hydrogen-bond donors (Lipinski definition) is 1. The number of nitriles is 1. The molecule has 1 aromatic heterocycles. The highest BCUT2D eigenvalue weighted by Crippen LogP contribution is 2.34. The molecule has 0 radical (unpaired) electrons. The van der Waals surface area contributed by atoms with Crippen LogP contribution in [0.2, 0.25) is 0 Å². The molecule has 0 unspecified atom stereocenters. The third-order valence-corrected chi connectivity index (χ3v) is 7.36. The summed E-state index contributed by atoms with van der Waals surface area (Å²) in [7, 11) is 3.75. The van der Waals surface area contributed by atoms with E-state index in [0.29, 0.717) is 0 Å². The molecule has 0 atom stereocenters. The van der Waals surface area contributed by atoms with Gasteiger partial charge in [0.2, 0.25) is 0 Å². The van der Waals surface area contributed by atoms with E-state index in [2.05, 4.69) is 46.6 Å². The summed E-state index contributed by atoms with van der Waals surface area (Å²) < 4.78 is 11.7. The molecule has 1 saturated heterocycles. The third kappa shape index (κ3) is 8.88. The van der Waals surface area contributed by atoms with Gasteiger partial charge in [-0.1, -0.05) is 17.3 Å². The third-order valence-electron chi connectivity index (χ3n) is 7.36. The van der Waals surface area contributed by atoms with Gasteiger partial charge in [0.15, 0.2) is 5.58 Å². The number of ether oxygens (including phenoxy) is 1. The number of piperidine rings is 1. The first-order valence-electron chi connectivity index (χ1n) is 13.4. The zero-order valence-electron chi connectivity index (χ0n) is 22.9. The van der Waals surface area contributed by atoms with Gasteiger partial charge in [0, 0.05) is 17.5 Å². The number of nitrogens with zero attached hydrogens (tertiary/aromatic N) is 3. The van der Waals surface area contributed by atoms with Gasteiger partial charge in [-0.15, -0.1) is 24.8 Å². The van der Waals surface area contributed by atoms with Crippen molar-refractivity contribution in [2.75, 3.05) is 40.3 Å². The SMILES string of the molecule is CNC.Cc1c(OCC2CC2)ccc2c(CCC3CCN(CCc4cccc(C#N)c4)CC3)noc12.Cl.Cl. The van der Waals surface area contributed by atoms with Gasteiger partial charge in [-0.05, 0) is 121 Å². The number of halogens is 2. The second-order valence-electron chi connectivity index (χ2n) is 10.3. The Hall–Kier alpha value is -2.30. The lowest BCUT2D eigenvalue weighted by atomic mass is 9.91. The molecule has 2 fully saturated rings. The second kappa shape index (κ2) is 16.0. The van der Waals surface area contributed by atoms with E-state index in [4.69, 9.17) is 14.5 Å². The monoisotopic (exact) mass is 560 g/mol. The highest BCUT2D eigenvalue weighted by atomic mass is 35.5. The average Bonchev–Trinajstić information content (AvgIpc) is 3.64. The molecule has 0 bridgehead atoms. The summed E-state index contributed by atoms with van der Waals surface area (Å²) in [5.41, 5.74) is 5.05. The maximum atomic E-state index is 9.08. The van der Waals surface area contributed by atoms with Crippen LogP contribution in [0.4, 0.5) is 0 Å². The molecular weight excluding hydrogens is 519 g/mol. The zero-order valence-corrected chi connectivity index (χ0v) is 24.5. The lowest BCUT2D eigenvalue weighted by Crippen LogP contribution is -2.35. The van der Waals surface area contributed by atoms with Crippen molar-refractivity contribution in [2.24, 2.45) is 11.8 Å². The Morgan fingerprint density at radius 1 is 1.05 bits per heavy atom. The lowest BCUT2D eigenvalue weighted by Gasteiger charge is -2.31. The van der Waals surface area contributed by atoms with E-state index in [0.717, 1.165) is 84.5 Å². The Kier molecular flexibility index (Phi) is 13.4. The Morgan fingerprint density at radius 2 is 1.79 bits per heavy atom. The highest BCUT2D eigenvalue weighted by molar-refractivity contribution is 5.86. The largest absolute Gasteiger partial charge is 0.493 e. The van der Waals surface area contributed by atoms with Crippen LogP contribution in [0.15, 0.2) is 40.9 Å². The summed E-state index contributed by atoms with van der Waals surface area (Å²) in [5.74, 6) is 2.42. The lowest BCUT2D eigenvalue weighted by molar-refractivity contribution is 0.180. The normalized spacial score (nSPS) is 15.5. The van der Waals surface area contributed by atoms with Crippen LogP contribution in [0.1, 0.15) is 54.5 Å². The molecule has 0 spiro atoms. The fourth-order valence-electron chi connectivity index (χ4n) is 4.92. The van der Waals surface area contributed by atoms with E-state index >= 15 is 0 Å². The quantitative estimate of drug-likeness (QED) is 0.328. The van der Waals surface area contributed by atoms with Crippen LogP contribution in [0.3, 0.4) is 0 Å². The molecule has 208 valence electrons. The van der Waals surface area contributed by atoms with Crippen molar-refractivity contribution in [3.05, 3.63) is 58.8 Å². The molecule has 1 aliphatic carbocycles. The molecule has 0 amide bonds. The van der Waals surface area contributed by atoms with E-state index in [1.807, 2.05) is 32.3 Å². The van der Waals surface area contributed by atoms with E-state index in [9.17, 15) is 0 Å². The number of aryl methyl sites for hydroxylation is 2. The minimum atomic E-state index is 0. The molecule has 2 aromatic carbocycles.